The molecular weight excluding hydrogens is 290 g/mol. The quantitative estimate of drug-likeness (QED) is 0.846. The van der Waals surface area contributed by atoms with Gasteiger partial charge in [-0.3, -0.25) is 9.58 Å². The van der Waals surface area contributed by atoms with Gasteiger partial charge in [0.05, 0.1) is 15.9 Å². The zero-order valence-corrected chi connectivity index (χ0v) is 13.3. The molecule has 1 unspecified atom stereocenters. The molecule has 0 spiro atoms. The summed E-state index contributed by atoms with van der Waals surface area (Å²) in [5.41, 5.74) is 2.41. The first-order valence-electron chi connectivity index (χ1n) is 7.05. The van der Waals surface area contributed by atoms with Crippen LogP contribution in [0.4, 0.5) is 0 Å². The van der Waals surface area contributed by atoms with Crippen LogP contribution in [0.5, 0.6) is 0 Å². The molecule has 2 rings (SSSR count). The smallest absolute Gasteiger partial charge is 0.0739 e. The molecule has 1 aliphatic heterocycles. The molecule has 1 aromatic rings. The van der Waals surface area contributed by atoms with Crippen molar-refractivity contribution in [2.75, 3.05) is 6.54 Å². The van der Waals surface area contributed by atoms with E-state index in [0.29, 0.717) is 0 Å². The van der Waals surface area contributed by atoms with Gasteiger partial charge in [0.2, 0.25) is 0 Å². The lowest BCUT2D eigenvalue weighted by Crippen LogP contribution is -2.39. The van der Waals surface area contributed by atoms with E-state index in [-0.39, 0.29) is 0 Å². The molecule has 1 aromatic heterocycles. The first-order chi connectivity index (χ1) is 8.63. The van der Waals surface area contributed by atoms with Crippen LogP contribution < -0.4 is 0 Å². The molecule has 1 fully saturated rings. The topological polar surface area (TPSA) is 21.1 Å². The molecule has 0 saturated carbocycles. The minimum absolute atomic E-state index is 0.769. The first-order valence-corrected chi connectivity index (χ1v) is 7.84. The average molecular weight is 314 g/mol. The first kappa shape index (κ1) is 14.1. The molecule has 1 atom stereocenters. The van der Waals surface area contributed by atoms with Crippen molar-refractivity contribution in [3.63, 3.8) is 0 Å². The lowest BCUT2D eigenvalue weighted by atomic mass is 9.98. The summed E-state index contributed by atoms with van der Waals surface area (Å²) < 4.78 is 3.21. The van der Waals surface area contributed by atoms with Crippen LogP contribution in [0, 0.1) is 6.92 Å². The third kappa shape index (κ3) is 2.97. The monoisotopic (exact) mass is 313 g/mol. The minimum atomic E-state index is 0.769. The van der Waals surface area contributed by atoms with Gasteiger partial charge in [0.1, 0.15) is 0 Å². The summed E-state index contributed by atoms with van der Waals surface area (Å²) in [5, 5.41) is 4.49. The predicted octanol–water partition coefficient (Wildman–Crippen LogP) is 3.65. The summed E-state index contributed by atoms with van der Waals surface area (Å²) in [5.74, 6) is 0. The fourth-order valence-electron chi connectivity index (χ4n) is 2.97. The lowest BCUT2D eigenvalue weighted by molar-refractivity contribution is 0.128. The maximum atomic E-state index is 4.49. The van der Waals surface area contributed by atoms with Crippen LogP contribution >= 0.6 is 15.9 Å². The van der Waals surface area contributed by atoms with Crippen molar-refractivity contribution < 1.29 is 0 Å². The molecule has 0 bridgehead atoms. The third-order valence-electron chi connectivity index (χ3n) is 3.99. The van der Waals surface area contributed by atoms with Crippen molar-refractivity contribution in [1.82, 2.24) is 14.7 Å². The second kappa shape index (κ2) is 6.20. The van der Waals surface area contributed by atoms with E-state index in [9.17, 15) is 0 Å². The normalized spacial score (nSPS) is 21.4. The Balaban J connectivity index is 2.10. The highest BCUT2D eigenvalue weighted by molar-refractivity contribution is 9.10. The number of nitrogens with zero attached hydrogens (tertiary/aromatic N) is 3. The van der Waals surface area contributed by atoms with Gasteiger partial charge < -0.3 is 0 Å². The van der Waals surface area contributed by atoms with E-state index in [0.717, 1.165) is 18.3 Å². The Kier molecular flexibility index (Phi) is 4.84. The Morgan fingerprint density at radius 3 is 2.78 bits per heavy atom. The van der Waals surface area contributed by atoms with E-state index in [2.05, 4.69) is 39.8 Å². The Labute approximate surface area is 119 Å². The summed E-state index contributed by atoms with van der Waals surface area (Å²) in [6.45, 7) is 6.62. The Hall–Kier alpha value is -0.350. The molecule has 4 heteroatoms. The molecule has 0 amide bonds. The third-order valence-corrected chi connectivity index (χ3v) is 5.02. The standard InChI is InChI=1S/C14H24BrN3/c1-4-7-12-8-5-6-9-18(12)10-13-14(15)11(2)16-17(13)3/h12H,4-10H2,1-3H3. The molecule has 0 aliphatic carbocycles. The summed E-state index contributed by atoms with van der Waals surface area (Å²) in [6, 6.07) is 0.769. The molecule has 1 saturated heterocycles. The number of rotatable bonds is 4. The molecule has 0 aromatic carbocycles. The molecule has 0 radical (unpaired) electrons. The summed E-state index contributed by atoms with van der Waals surface area (Å²) in [7, 11) is 2.05. The highest BCUT2D eigenvalue weighted by Gasteiger charge is 2.23. The predicted molar refractivity (Wildman–Crippen MR) is 78.6 cm³/mol. The fourth-order valence-corrected chi connectivity index (χ4v) is 3.43. The number of aromatic nitrogens is 2. The van der Waals surface area contributed by atoms with Crippen molar-refractivity contribution >= 4 is 15.9 Å². The van der Waals surface area contributed by atoms with Crippen molar-refractivity contribution in [3.8, 4) is 0 Å². The van der Waals surface area contributed by atoms with Gasteiger partial charge in [0, 0.05) is 19.6 Å². The van der Waals surface area contributed by atoms with Crippen LogP contribution in [-0.4, -0.2) is 27.3 Å². The summed E-state index contributed by atoms with van der Waals surface area (Å²) in [4.78, 5) is 2.65. The Bertz CT molecular complexity index is 398. The van der Waals surface area contributed by atoms with Crippen LogP contribution in [0.15, 0.2) is 4.47 Å². The second-order valence-electron chi connectivity index (χ2n) is 5.38. The Morgan fingerprint density at radius 1 is 1.39 bits per heavy atom. The second-order valence-corrected chi connectivity index (χ2v) is 6.17. The lowest BCUT2D eigenvalue weighted by Gasteiger charge is -2.35. The van der Waals surface area contributed by atoms with Crippen molar-refractivity contribution in [2.24, 2.45) is 7.05 Å². The number of likely N-dealkylation sites (tertiary alicyclic amines) is 1. The highest BCUT2D eigenvalue weighted by Crippen LogP contribution is 2.26. The Morgan fingerprint density at radius 2 is 2.17 bits per heavy atom. The van der Waals surface area contributed by atoms with Crippen LogP contribution in [0.2, 0.25) is 0 Å². The van der Waals surface area contributed by atoms with E-state index in [1.807, 2.05) is 11.7 Å². The average Bonchev–Trinajstić information content (AvgIpc) is 2.59. The molecule has 2 heterocycles. The van der Waals surface area contributed by atoms with Crippen molar-refractivity contribution in [2.45, 2.75) is 58.5 Å². The summed E-state index contributed by atoms with van der Waals surface area (Å²) >= 11 is 3.68. The van der Waals surface area contributed by atoms with Crippen LogP contribution in [0.1, 0.15) is 50.4 Å². The molecule has 0 N–H and O–H groups in total. The van der Waals surface area contributed by atoms with E-state index >= 15 is 0 Å². The SMILES string of the molecule is CCCC1CCCCN1Cc1c(Br)c(C)nn1C. The fraction of sp³-hybridized carbons (Fsp3) is 0.786. The van der Waals surface area contributed by atoms with Crippen LogP contribution in [0.3, 0.4) is 0 Å². The number of hydrogen-bond donors (Lipinski definition) is 0. The minimum Gasteiger partial charge on any atom is -0.295 e. The number of piperidine rings is 1. The van der Waals surface area contributed by atoms with Crippen LogP contribution in [0.25, 0.3) is 0 Å². The van der Waals surface area contributed by atoms with Crippen molar-refractivity contribution in [3.05, 3.63) is 15.9 Å². The van der Waals surface area contributed by atoms with E-state index in [1.165, 1.54) is 48.8 Å². The largest absolute Gasteiger partial charge is 0.295 e. The zero-order chi connectivity index (χ0) is 13.1. The number of hydrogen-bond acceptors (Lipinski definition) is 2. The van der Waals surface area contributed by atoms with E-state index in [4.69, 9.17) is 0 Å². The van der Waals surface area contributed by atoms with Gasteiger partial charge in [0.15, 0.2) is 0 Å². The zero-order valence-electron chi connectivity index (χ0n) is 11.7. The maximum Gasteiger partial charge on any atom is 0.0739 e. The van der Waals surface area contributed by atoms with Gasteiger partial charge in [-0.25, -0.2) is 0 Å². The van der Waals surface area contributed by atoms with Gasteiger partial charge in [-0.05, 0) is 48.7 Å². The molecule has 18 heavy (non-hydrogen) atoms. The van der Waals surface area contributed by atoms with Gasteiger partial charge in [-0.1, -0.05) is 19.8 Å². The summed E-state index contributed by atoms with van der Waals surface area (Å²) in [6.07, 6.45) is 6.71. The van der Waals surface area contributed by atoms with Gasteiger partial charge in [-0.2, -0.15) is 5.10 Å². The molecule has 3 nitrogen and oxygen atoms in total. The van der Waals surface area contributed by atoms with Gasteiger partial charge in [0.25, 0.3) is 0 Å². The van der Waals surface area contributed by atoms with Crippen LogP contribution in [-0.2, 0) is 13.6 Å². The van der Waals surface area contributed by atoms with E-state index < -0.39 is 0 Å². The van der Waals surface area contributed by atoms with Gasteiger partial charge in [-0.15, -0.1) is 0 Å². The maximum absolute atomic E-state index is 4.49. The van der Waals surface area contributed by atoms with E-state index in [1.54, 1.807) is 0 Å². The molecule has 102 valence electrons. The number of aryl methyl sites for hydroxylation is 2. The van der Waals surface area contributed by atoms with Gasteiger partial charge >= 0.3 is 0 Å². The molecular formula is C14H24BrN3. The highest BCUT2D eigenvalue weighted by atomic mass is 79.9. The molecule has 1 aliphatic rings. The van der Waals surface area contributed by atoms with Crippen molar-refractivity contribution in [1.29, 1.82) is 0 Å². The number of halogens is 1.